The molecule has 120 valence electrons. The summed E-state index contributed by atoms with van der Waals surface area (Å²) < 4.78 is 25.8. The minimum atomic E-state index is -2.84. The standard InChI is InChI=1S/C13H16ClN3O2S3/c1-17-12(6-9-4-5-22(18,19)8-9)15-16-13(17)20-7-10-2-3-11(14)21-10/h2-3,9H,4-8H2,1H3. The molecule has 1 aliphatic heterocycles. The highest BCUT2D eigenvalue weighted by Crippen LogP contribution is 2.29. The molecule has 0 aliphatic carbocycles. The van der Waals surface area contributed by atoms with Crippen LogP contribution in [0.1, 0.15) is 17.1 Å². The molecule has 5 nitrogen and oxygen atoms in total. The van der Waals surface area contributed by atoms with Crippen LogP contribution >= 0.6 is 34.7 Å². The number of hydrogen-bond donors (Lipinski definition) is 0. The van der Waals surface area contributed by atoms with Gasteiger partial charge in [-0.15, -0.1) is 21.5 Å². The van der Waals surface area contributed by atoms with Crippen LogP contribution in [0.3, 0.4) is 0 Å². The molecule has 0 amide bonds. The molecule has 2 aromatic rings. The lowest BCUT2D eigenvalue weighted by atomic mass is 10.1. The van der Waals surface area contributed by atoms with Crippen molar-refractivity contribution in [3.05, 3.63) is 27.2 Å². The van der Waals surface area contributed by atoms with Gasteiger partial charge in [0.05, 0.1) is 15.8 Å². The Kier molecular flexibility index (Phi) is 4.82. The Balaban J connectivity index is 1.62. The molecule has 0 aromatic carbocycles. The molecule has 22 heavy (non-hydrogen) atoms. The first-order chi connectivity index (χ1) is 10.4. The lowest BCUT2D eigenvalue weighted by molar-refractivity contribution is 0.552. The molecule has 0 spiro atoms. The molecular weight excluding hydrogens is 362 g/mol. The number of hydrogen-bond acceptors (Lipinski definition) is 6. The van der Waals surface area contributed by atoms with Gasteiger partial charge in [-0.3, -0.25) is 0 Å². The molecule has 0 bridgehead atoms. The van der Waals surface area contributed by atoms with Gasteiger partial charge in [-0.25, -0.2) is 8.42 Å². The van der Waals surface area contributed by atoms with Crippen LogP contribution in [0, 0.1) is 5.92 Å². The third-order valence-corrected chi connectivity index (χ3v) is 8.02. The normalized spacial score (nSPS) is 20.5. The average molecular weight is 378 g/mol. The lowest BCUT2D eigenvalue weighted by Crippen LogP contribution is -2.11. The van der Waals surface area contributed by atoms with E-state index in [0.717, 1.165) is 27.5 Å². The van der Waals surface area contributed by atoms with Crippen LogP contribution in [-0.4, -0.2) is 34.7 Å². The maximum atomic E-state index is 11.5. The van der Waals surface area contributed by atoms with Crippen LogP contribution in [0.5, 0.6) is 0 Å². The van der Waals surface area contributed by atoms with Gasteiger partial charge in [-0.2, -0.15) is 0 Å². The summed E-state index contributed by atoms with van der Waals surface area (Å²) in [4.78, 5) is 1.20. The Hall–Kier alpha value is -0.570. The molecular formula is C13H16ClN3O2S3. The Morgan fingerprint density at radius 2 is 2.27 bits per heavy atom. The summed E-state index contributed by atoms with van der Waals surface area (Å²) in [6.45, 7) is 0. The van der Waals surface area contributed by atoms with Gasteiger partial charge < -0.3 is 4.57 Å². The van der Waals surface area contributed by atoms with Crippen LogP contribution in [0.15, 0.2) is 17.3 Å². The van der Waals surface area contributed by atoms with Crippen molar-refractivity contribution in [2.24, 2.45) is 13.0 Å². The number of nitrogens with zero attached hydrogens (tertiary/aromatic N) is 3. The highest BCUT2D eigenvalue weighted by atomic mass is 35.5. The van der Waals surface area contributed by atoms with Gasteiger partial charge in [0.15, 0.2) is 15.0 Å². The molecule has 0 N–H and O–H groups in total. The summed E-state index contributed by atoms with van der Waals surface area (Å²) in [5, 5.41) is 9.28. The van der Waals surface area contributed by atoms with Crippen molar-refractivity contribution >= 4 is 44.5 Å². The van der Waals surface area contributed by atoms with Gasteiger partial charge in [-0.1, -0.05) is 23.4 Å². The van der Waals surface area contributed by atoms with Gasteiger partial charge in [0.25, 0.3) is 0 Å². The van der Waals surface area contributed by atoms with Crippen molar-refractivity contribution in [2.75, 3.05) is 11.5 Å². The molecule has 9 heteroatoms. The lowest BCUT2D eigenvalue weighted by Gasteiger charge is -2.07. The molecule has 1 unspecified atom stereocenters. The van der Waals surface area contributed by atoms with Crippen LogP contribution in [0.2, 0.25) is 4.34 Å². The second-order valence-corrected chi connectivity index (χ2v) is 10.4. The average Bonchev–Trinajstić information content (AvgIpc) is 3.11. The maximum absolute atomic E-state index is 11.5. The second kappa shape index (κ2) is 6.51. The quantitative estimate of drug-likeness (QED) is 0.749. The summed E-state index contributed by atoms with van der Waals surface area (Å²) >= 11 is 9.10. The zero-order valence-corrected chi connectivity index (χ0v) is 15.2. The Labute approximate surface area is 143 Å². The predicted octanol–water partition coefficient (Wildman–Crippen LogP) is 2.80. The van der Waals surface area contributed by atoms with E-state index in [9.17, 15) is 8.42 Å². The van der Waals surface area contributed by atoms with E-state index in [2.05, 4.69) is 10.2 Å². The molecule has 2 aromatic heterocycles. The second-order valence-electron chi connectivity index (χ2n) is 5.43. The van der Waals surface area contributed by atoms with Crippen LogP contribution < -0.4 is 0 Å². The third-order valence-electron chi connectivity index (χ3n) is 3.70. The van der Waals surface area contributed by atoms with Crippen LogP contribution in [0.4, 0.5) is 0 Å². The minimum Gasteiger partial charge on any atom is -0.309 e. The summed E-state index contributed by atoms with van der Waals surface area (Å²) in [5.41, 5.74) is 0. The molecule has 1 atom stereocenters. The van der Waals surface area contributed by atoms with Crippen LogP contribution in [0.25, 0.3) is 0 Å². The Morgan fingerprint density at radius 3 is 2.91 bits per heavy atom. The van der Waals surface area contributed by atoms with Crippen molar-refractivity contribution in [2.45, 2.75) is 23.8 Å². The van der Waals surface area contributed by atoms with Crippen molar-refractivity contribution in [1.82, 2.24) is 14.8 Å². The molecule has 1 aliphatic rings. The molecule has 3 rings (SSSR count). The topological polar surface area (TPSA) is 64.8 Å². The van der Waals surface area contributed by atoms with Gasteiger partial charge in [0.1, 0.15) is 5.82 Å². The fourth-order valence-electron chi connectivity index (χ4n) is 2.50. The third kappa shape index (κ3) is 3.84. The number of aromatic nitrogens is 3. The first-order valence-electron chi connectivity index (χ1n) is 6.88. The molecule has 3 heterocycles. The van der Waals surface area contributed by atoms with E-state index in [-0.39, 0.29) is 11.7 Å². The molecule has 0 radical (unpaired) electrons. The highest BCUT2D eigenvalue weighted by Gasteiger charge is 2.29. The number of halogens is 1. The number of sulfone groups is 1. The fourth-order valence-corrected chi connectivity index (χ4v) is 6.43. The molecule has 1 saturated heterocycles. The first-order valence-corrected chi connectivity index (χ1v) is 10.9. The smallest absolute Gasteiger partial charge is 0.191 e. The van der Waals surface area contributed by atoms with Gasteiger partial charge in [0.2, 0.25) is 0 Å². The van der Waals surface area contributed by atoms with Crippen molar-refractivity contribution in [1.29, 1.82) is 0 Å². The van der Waals surface area contributed by atoms with Crippen molar-refractivity contribution < 1.29 is 8.42 Å². The molecule has 0 saturated carbocycles. The largest absolute Gasteiger partial charge is 0.309 e. The van der Waals surface area contributed by atoms with E-state index >= 15 is 0 Å². The number of thiophene rings is 1. The van der Waals surface area contributed by atoms with Gasteiger partial charge >= 0.3 is 0 Å². The fraction of sp³-hybridized carbons (Fsp3) is 0.538. The highest BCUT2D eigenvalue weighted by molar-refractivity contribution is 7.98. The van der Waals surface area contributed by atoms with E-state index in [4.69, 9.17) is 11.6 Å². The Bertz CT molecular complexity index is 769. The monoisotopic (exact) mass is 377 g/mol. The molecule has 1 fully saturated rings. The number of thioether (sulfide) groups is 1. The van der Waals surface area contributed by atoms with E-state index in [1.54, 1.807) is 23.1 Å². The summed E-state index contributed by atoms with van der Waals surface area (Å²) in [7, 11) is -0.906. The maximum Gasteiger partial charge on any atom is 0.191 e. The van der Waals surface area contributed by atoms with E-state index < -0.39 is 9.84 Å². The minimum absolute atomic E-state index is 0.168. The first kappa shape index (κ1) is 16.3. The Morgan fingerprint density at radius 1 is 1.45 bits per heavy atom. The van der Waals surface area contributed by atoms with E-state index in [1.807, 2.05) is 23.7 Å². The van der Waals surface area contributed by atoms with Crippen molar-refractivity contribution in [3.8, 4) is 0 Å². The van der Waals surface area contributed by atoms with E-state index in [0.29, 0.717) is 12.2 Å². The zero-order chi connectivity index (χ0) is 15.7. The predicted molar refractivity (Wildman–Crippen MR) is 90.4 cm³/mol. The summed E-state index contributed by atoms with van der Waals surface area (Å²) in [5.74, 6) is 2.41. The van der Waals surface area contributed by atoms with Crippen molar-refractivity contribution in [3.63, 3.8) is 0 Å². The van der Waals surface area contributed by atoms with Gasteiger partial charge in [-0.05, 0) is 24.5 Å². The van der Waals surface area contributed by atoms with Gasteiger partial charge in [0, 0.05) is 24.1 Å². The summed E-state index contributed by atoms with van der Waals surface area (Å²) in [6, 6.07) is 3.91. The summed E-state index contributed by atoms with van der Waals surface area (Å²) in [6.07, 6.45) is 1.40. The zero-order valence-electron chi connectivity index (χ0n) is 12.0. The SMILES string of the molecule is Cn1c(CC2CCS(=O)(=O)C2)nnc1SCc1ccc(Cl)s1. The van der Waals surface area contributed by atoms with E-state index in [1.165, 1.54) is 4.88 Å². The number of rotatable bonds is 5. The van der Waals surface area contributed by atoms with Crippen LogP contribution in [-0.2, 0) is 29.1 Å².